The standard InChI is InChI=1S/C18H17NO4/c1-2-23-17(22)15-16(21)19(12-13-6-4-3-5-7-13)18(15)10-8-14(20)9-11-18/h3-11,15H,2,12H2,1H3/t15-/m0/s1. The van der Waals surface area contributed by atoms with Crippen LogP contribution in [0.2, 0.25) is 0 Å². The van der Waals surface area contributed by atoms with E-state index >= 15 is 0 Å². The number of carbonyl (C=O) groups is 3. The maximum absolute atomic E-state index is 12.5. The fourth-order valence-corrected chi connectivity index (χ4v) is 3.04. The van der Waals surface area contributed by atoms with Crippen LogP contribution in [0.15, 0.2) is 54.6 Å². The molecule has 23 heavy (non-hydrogen) atoms. The van der Waals surface area contributed by atoms with Gasteiger partial charge in [-0.15, -0.1) is 0 Å². The van der Waals surface area contributed by atoms with E-state index in [1.165, 1.54) is 12.2 Å². The van der Waals surface area contributed by atoms with Crippen LogP contribution in [0.5, 0.6) is 0 Å². The molecule has 3 rings (SSSR count). The van der Waals surface area contributed by atoms with Crippen molar-refractivity contribution in [3.05, 3.63) is 60.2 Å². The van der Waals surface area contributed by atoms with Gasteiger partial charge in [0.05, 0.1) is 6.61 Å². The van der Waals surface area contributed by atoms with Crippen LogP contribution in [0.4, 0.5) is 0 Å². The smallest absolute Gasteiger partial charge is 0.321 e. The minimum absolute atomic E-state index is 0.155. The Bertz CT molecular complexity index is 689. The van der Waals surface area contributed by atoms with E-state index in [4.69, 9.17) is 4.74 Å². The molecule has 0 saturated carbocycles. The van der Waals surface area contributed by atoms with E-state index in [1.807, 2.05) is 30.3 Å². The Labute approximate surface area is 134 Å². The van der Waals surface area contributed by atoms with Crippen LogP contribution in [0.1, 0.15) is 12.5 Å². The van der Waals surface area contributed by atoms with Crippen LogP contribution in [0, 0.1) is 5.92 Å². The average Bonchev–Trinajstić information content (AvgIpc) is 2.56. The van der Waals surface area contributed by atoms with E-state index in [2.05, 4.69) is 0 Å². The molecule has 118 valence electrons. The van der Waals surface area contributed by atoms with Crippen molar-refractivity contribution in [2.45, 2.75) is 19.0 Å². The zero-order valence-electron chi connectivity index (χ0n) is 12.8. The van der Waals surface area contributed by atoms with Crippen LogP contribution < -0.4 is 0 Å². The highest BCUT2D eigenvalue weighted by Gasteiger charge is 2.62. The molecular weight excluding hydrogens is 294 g/mol. The molecule has 1 aromatic rings. The Balaban J connectivity index is 1.92. The van der Waals surface area contributed by atoms with Gasteiger partial charge in [-0.05, 0) is 36.8 Å². The Morgan fingerprint density at radius 2 is 1.83 bits per heavy atom. The minimum Gasteiger partial charge on any atom is -0.465 e. The van der Waals surface area contributed by atoms with Crippen molar-refractivity contribution in [3.63, 3.8) is 0 Å². The number of esters is 1. The first kappa shape index (κ1) is 15.2. The Hall–Kier alpha value is -2.69. The van der Waals surface area contributed by atoms with Crippen LogP contribution in [-0.4, -0.2) is 34.7 Å². The van der Waals surface area contributed by atoms with Gasteiger partial charge in [-0.25, -0.2) is 0 Å². The highest BCUT2D eigenvalue weighted by Crippen LogP contribution is 2.43. The maximum atomic E-state index is 12.5. The van der Waals surface area contributed by atoms with E-state index in [0.29, 0.717) is 6.54 Å². The van der Waals surface area contributed by atoms with Gasteiger partial charge in [-0.1, -0.05) is 30.3 Å². The van der Waals surface area contributed by atoms with Crippen molar-refractivity contribution in [2.24, 2.45) is 5.92 Å². The number of amides is 1. The molecule has 5 heteroatoms. The first-order chi connectivity index (χ1) is 11.1. The Morgan fingerprint density at radius 3 is 2.43 bits per heavy atom. The number of ether oxygens (including phenoxy) is 1. The molecule has 1 atom stereocenters. The summed E-state index contributed by atoms with van der Waals surface area (Å²) in [5.41, 5.74) is 0.0498. The van der Waals surface area contributed by atoms with Gasteiger partial charge in [0.2, 0.25) is 5.91 Å². The molecule has 1 amide bonds. The van der Waals surface area contributed by atoms with Crippen molar-refractivity contribution in [3.8, 4) is 0 Å². The summed E-state index contributed by atoms with van der Waals surface area (Å²) in [6, 6.07) is 9.52. The lowest BCUT2D eigenvalue weighted by molar-refractivity contribution is -0.177. The summed E-state index contributed by atoms with van der Waals surface area (Å²) in [6.45, 7) is 2.29. The maximum Gasteiger partial charge on any atom is 0.321 e. The predicted molar refractivity (Wildman–Crippen MR) is 83.1 cm³/mol. The summed E-state index contributed by atoms with van der Waals surface area (Å²) in [5.74, 6) is -1.91. The number of hydrogen-bond acceptors (Lipinski definition) is 4. The lowest BCUT2D eigenvalue weighted by atomic mass is 9.70. The molecule has 1 saturated heterocycles. The summed E-state index contributed by atoms with van der Waals surface area (Å²) < 4.78 is 5.03. The van der Waals surface area contributed by atoms with Gasteiger partial charge in [0.1, 0.15) is 5.54 Å². The predicted octanol–water partition coefficient (Wildman–Crippen LogP) is 1.64. The number of likely N-dealkylation sites (tertiary alicyclic amines) is 1. The zero-order valence-corrected chi connectivity index (χ0v) is 12.8. The lowest BCUT2D eigenvalue weighted by Crippen LogP contribution is -2.71. The summed E-state index contributed by atoms with van der Waals surface area (Å²) >= 11 is 0. The molecule has 1 aliphatic heterocycles. The molecule has 0 unspecified atom stereocenters. The number of ketones is 1. The second-order valence-electron chi connectivity index (χ2n) is 5.55. The van der Waals surface area contributed by atoms with Crippen molar-refractivity contribution in [1.82, 2.24) is 4.90 Å². The first-order valence-corrected chi connectivity index (χ1v) is 7.53. The summed E-state index contributed by atoms with van der Waals surface area (Å²) in [5, 5.41) is 0. The van der Waals surface area contributed by atoms with Gasteiger partial charge >= 0.3 is 5.97 Å². The molecule has 0 N–H and O–H groups in total. The lowest BCUT2D eigenvalue weighted by Gasteiger charge is -2.54. The normalized spacial score (nSPS) is 21.4. The molecule has 2 aliphatic rings. The fourth-order valence-electron chi connectivity index (χ4n) is 3.04. The van der Waals surface area contributed by atoms with Crippen LogP contribution >= 0.6 is 0 Å². The summed E-state index contributed by atoms with van der Waals surface area (Å²) in [4.78, 5) is 37.7. The third-order valence-electron chi connectivity index (χ3n) is 4.18. The average molecular weight is 311 g/mol. The highest BCUT2D eigenvalue weighted by atomic mass is 16.5. The fraction of sp³-hybridized carbons (Fsp3) is 0.278. The number of allylic oxidation sites excluding steroid dienone is 2. The van der Waals surface area contributed by atoms with Crippen LogP contribution in [0.25, 0.3) is 0 Å². The number of hydrogen-bond donors (Lipinski definition) is 0. The zero-order chi connectivity index (χ0) is 16.4. The van der Waals surface area contributed by atoms with E-state index in [9.17, 15) is 14.4 Å². The van der Waals surface area contributed by atoms with E-state index < -0.39 is 17.4 Å². The van der Waals surface area contributed by atoms with Crippen LogP contribution in [0.3, 0.4) is 0 Å². The molecule has 1 aliphatic carbocycles. The van der Waals surface area contributed by atoms with Crippen molar-refractivity contribution >= 4 is 17.7 Å². The van der Waals surface area contributed by atoms with Gasteiger partial charge < -0.3 is 9.64 Å². The molecular formula is C18H17NO4. The topological polar surface area (TPSA) is 63.7 Å². The van der Waals surface area contributed by atoms with Gasteiger partial charge in [0.15, 0.2) is 11.7 Å². The molecule has 0 aromatic heterocycles. The molecule has 0 bridgehead atoms. The monoisotopic (exact) mass is 311 g/mol. The molecule has 1 aromatic carbocycles. The Morgan fingerprint density at radius 1 is 1.17 bits per heavy atom. The minimum atomic E-state index is -0.924. The number of rotatable bonds is 4. The van der Waals surface area contributed by atoms with Crippen molar-refractivity contribution in [2.75, 3.05) is 6.61 Å². The van der Waals surface area contributed by atoms with Crippen LogP contribution in [-0.2, 0) is 25.7 Å². The summed E-state index contributed by atoms with van der Waals surface area (Å²) in [7, 11) is 0. The van der Waals surface area contributed by atoms with Crippen molar-refractivity contribution in [1.29, 1.82) is 0 Å². The quantitative estimate of drug-likeness (QED) is 0.482. The van der Waals surface area contributed by atoms with Gasteiger partial charge in [0.25, 0.3) is 0 Å². The van der Waals surface area contributed by atoms with Gasteiger partial charge in [-0.2, -0.15) is 0 Å². The first-order valence-electron chi connectivity index (χ1n) is 7.53. The second kappa shape index (κ2) is 5.83. The summed E-state index contributed by atoms with van der Waals surface area (Å²) in [6.07, 6.45) is 6.05. The SMILES string of the molecule is CCOC(=O)[C@@H]1C(=O)N(Cc2ccccc2)C12C=CC(=O)C=C2. The number of benzene rings is 1. The highest BCUT2D eigenvalue weighted by molar-refractivity contribution is 6.09. The second-order valence-corrected chi connectivity index (χ2v) is 5.55. The molecule has 1 fully saturated rings. The number of nitrogens with zero attached hydrogens (tertiary/aromatic N) is 1. The van der Waals surface area contributed by atoms with Gasteiger partial charge in [-0.3, -0.25) is 14.4 Å². The van der Waals surface area contributed by atoms with Gasteiger partial charge in [0, 0.05) is 6.54 Å². The third kappa shape index (κ3) is 2.48. The number of carbonyl (C=O) groups excluding carboxylic acids is 3. The van der Waals surface area contributed by atoms with E-state index in [-0.39, 0.29) is 18.3 Å². The molecule has 0 radical (unpaired) electrons. The molecule has 1 spiro atoms. The third-order valence-corrected chi connectivity index (χ3v) is 4.18. The molecule has 5 nitrogen and oxygen atoms in total. The van der Waals surface area contributed by atoms with E-state index in [1.54, 1.807) is 24.0 Å². The van der Waals surface area contributed by atoms with E-state index in [0.717, 1.165) is 5.56 Å². The number of β-lactam (4-membered cyclic amide) rings is 1. The van der Waals surface area contributed by atoms with Crippen molar-refractivity contribution < 1.29 is 19.1 Å². The largest absolute Gasteiger partial charge is 0.465 e. The Kier molecular flexibility index (Phi) is 3.86. The molecule has 1 heterocycles.